The molecule has 1 fully saturated rings. The Kier molecular flexibility index (Phi) is 4.85. The number of esters is 1. The van der Waals surface area contributed by atoms with E-state index in [1.807, 2.05) is 54.6 Å². The molecule has 0 radical (unpaired) electrons. The first-order chi connectivity index (χ1) is 13.5. The van der Waals surface area contributed by atoms with E-state index in [9.17, 15) is 14.4 Å². The topological polar surface area (TPSA) is 75.7 Å². The van der Waals surface area contributed by atoms with Gasteiger partial charge in [0, 0.05) is 24.3 Å². The largest absolute Gasteiger partial charge is 0.450 e. The molecule has 0 bridgehead atoms. The summed E-state index contributed by atoms with van der Waals surface area (Å²) in [6, 6.07) is 16.9. The van der Waals surface area contributed by atoms with Gasteiger partial charge in [-0.1, -0.05) is 54.2 Å². The number of anilines is 1. The van der Waals surface area contributed by atoms with Gasteiger partial charge in [0.05, 0.1) is 5.69 Å². The second kappa shape index (κ2) is 7.31. The quantitative estimate of drug-likeness (QED) is 0.787. The first kappa shape index (κ1) is 18.6. The summed E-state index contributed by atoms with van der Waals surface area (Å²) in [6.07, 6.45) is -0.305. The maximum atomic E-state index is 13.0. The standard InChI is InChI=1S/C21H20N2O4S/c1-14(19(25)22-13-15-7-3-2-4-8-15)27-20(26)21-12-11-18(24)23(21)16-9-5-6-10-17(16)28-21/h2-10,14H,11-13H2,1H3,(H,22,25). The minimum absolute atomic E-state index is 0.101. The molecule has 2 aromatic carbocycles. The van der Waals surface area contributed by atoms with Crippen LogP contribution in [0, 0.1) is 0 Å². The second-order valence-electron chi connectivity index (χ2n) is 6.83. The van der Waals surface area contributed by atoms with Crippen LogP contribution in [0.2, 0.25) is 0 Å². The van der Waals surface area contributed by atoms with Crippen LogP contribution in [0.25, 0.3) is 0 Å². The van der Waals surface area contributed by atoms with Crippen LogP contribution in [0.4, 0.5) is 5.69 Å². The van der Waals surface area contributed by atoms with Gasteiger partial charge >= 0.3 is 5.97 Å². The van der Waals surface area contributed by atoms with Gasteiger partial charge in [-0.05, 0) is 24.6 Å². The number of amides is 2. The van der Waals surface area contributed by atoms with E-state index >= 15 is 0 Å². The van der Waals surface area contributed by atoms with Crippen molar-refractivity contribution in [2.45, 2.75) is 42.2 Å². The number of rotatable bonds is 5. The number of hydrogen-bond donors (Lipinski definition) is 1. The summed E-state index contributed by atoms with van der Waals surface area (Å²) in [5.41, 5.74) is 1.69. The first-order valence-corrected chi connectivity index (χ1v) is 9.97. The van der Waals surface area contributed by atoms with Gasteiger partial charge in [-0.25, -0.2) is 4.79 Å². The fourth-order valence-electron chi connectivity index (χ4n) is 3.51. The molecule has 0 spiro atoms. The van der Waals surface area contributed by atoms with Crippen LogP contribution in [-0.4, -0.2) is 28.8 Å². The molecular weight excluding hydrogens is 376 g/mol. The summed E-state index contributed by atoms with van der Waals surface area (Å²) < 4.78 is 5.50. The summed E-state index contributed by atoms with van der Waals surface area (Å²) in [6.45, 7) is 1.90. The van der Waals surface area contributed by atoms with E-state index in [-0.39, 0.29) is 18.2 Å². The third-order valence-electron chi connectivity index (χ3n) is 4.95. The molecule has 2 aromatic rings. The molecule has 0 aromatic heterocycles. The third kappa shape index (κ3) is 3.16. The number of carbonyl (C=O) groups excluding carboxylic acids is 3. The normalized spacial score (nSPS) is 21.0. The van der Waals surface area contributed by atoms with E-state index in [4.69, 9.17) is 4.74 Å². The van der Waals surface area contributed by atoms with Gasteiger partial charge in [-0.15, -0.1) is 0 Å². The number of nitrogens with zero attached hydrogens (tertiary/aromatic N) is 1. The van der Waals surface area contributed by atoms with Crippen LogP contribution < -0.4 is 10.2 Å². The van der Waals surface area contributed by atoms with Crippen molar-refractivity contribution in [3.8, 4) is 0 Å². The minimum Gasteiger partial charge on any atom is -0.450 e. The number of ether oxygens (including phenoxy) is 1. The molecule has 4 rings (SSSR count). The van der Waals surface area contributed by atoms with Crippen molar-refractivity contribution in [3.63, 3.8) is 0 Å². The molecule has 144 valence electrons. The van der Waals surface area contributed by atoms with Crippen LogP contribution in [0.15, 0.2) is 59.5 Å². The van der Waals surface area contributed by atoms with Crippen LogP contribution in [0.5, 0.6) is 0 Å². The van der Waals surface area contributed by atoms with Crippen molar-refractivity contribution >= 4 is 35.2 Å². The number of para-hydroxylation sites is 1. The zero-order valence-corrected chi connectivity index (χ0v) is 16.2. The lowest BCUT2D eigenvalue weighted by Gasteiger charge is -2.29. The monoisotopic (exact) mass is 396 g/mol. The summed E-state index contributed by atoms with van der Waals surface area (Å²) >= 11 is 1.33. The van der Waals surface area contributed by atoms with E-state index < -0.39 is 16.9 Å². The van der Waals surface area contributed by atoms with E-state index in [0.29, 0.717) is 13.0 Å². The highest BCUT2D eigenvalue weighted by atomic mass is 32.2. The van der Waals surface area contributed by atoms with Gasteiger partial charge in [0.15, 0.2) is 11.0 Å². The minimum atomic E-state index is -1.12. The molecule has 6 nitrogen and oxygen atoms in total. The average Bonchev–Trinajstić information content (AvgIpc) is 3.22. The van der Waals surface area contributed by atoms with Crippen molar-refractivity contribution in [2.24, 2.45) is 0 Å². The van der Waals surface area contributed by atoms with E-state index in [1.165, 1.54) is 16.7 Å². The number of fused-ring (bicyclic) bond motifs is 3. The molecule has 0 saturated carbocycles. The lowest BCUT2D eigenvalue weighted by molar-refractivity contribution is -0.157. The van der Waals surface area contributed by atoms with Gasteiger partial charge in [-0.3, -0.25) is 14.5 Å². The molecule has 7 heteroatoms. The molecule has 2 heterocycles. The van der Waals surface area contributed by atoms with Crippen molar-refractivity contribution in [1.82, 2.24) is 5.32 Å². The maximum absolute atomic E-state index is 13.0. The zero-order valence-electron chi connectivity index (χ0n) is 15.4. The molecule has 2 unspecified atom stereocenters. The van der Waals surface area contributed by atoms with Crippen molar-refractivity contribution in [3.05, 3.63) is 60.2 Å². The molecule has 2 aliphatic rings. The molecule has 1 N–H and O–H groups in total. The highest BCUT2D eigenvalue weighted by Gasteiger charge is 2.58. The Bertz CT molecular complexity index is 933. The lowest BCUT2D eigenvalue weighted by atomic mass is 10.2. The number of nitrogens with one attached hydrogen (secondary N) is 1. The Morgan fingerprint density at radius 1 is 1.18 bits per heavy atom. The maximum Gasteiger partial charge on any atom is 0.344 e. The van der Waals surface area contributed by atoms with Gasteiger partial charge in [0.1, 0.15) is 0 Å². The van der Waals surface area contributed by atoms with Crippen LogP contribution in [0.1, 0.15) is 25.3 Å². The molecule has 2 amide bonds. The number of hydrogen-bond acceptors (Lipinski definition) is 5. The van der Waals surface area contributed by atoms with Crippen LogP contribution in [-0.2, 0) is 25.7 Å². The summed E-state index contributed by atoms with van der Waals surface area (Å²) in [5.74, 6) is -1.03. The van der Waals surface area contributed by atoms with E-state index in [2.05, 4.69) is 5.32 Å². The summed E-state index contributed by atoms with van der Waals surface area (Å²) in [7, 11) is 0. The Hall–Kier alpha value is -2.80. The molecule has 28 heavy (non-hydrogen) atoms. The Morgan fingerprint density at radius 2 is 1.89 bits per heavy atom. The predicted octanol–water partition coefficient (Wildman–Crippen LogP) is 2.86. The van der Waals surface area contributed by atoms with Crippen molar-refractivity contribution < 1.29 is 19.1 Å². The number of carbonyl (C=O) groups is 3. The Balaban J connectivity index is 1.44. The number of thioether (sulfide) groups is 1. The average molecular weight is 396 g/mol. The molecule has 2 atom stereocenters. The second-order valence-corrected chi connectivity index (χ2v) is 8.15. The van der Waals surface area contributed by atoms with E-state index in [1.54, 1.807) is 6.92 Å². The highest BCUT2D eigenvalue weighted by Crippen LogP contribution is 2.56. The van der Waals surface area contributed by atoms with Crippen LogP contribution >= 0.6 is 11.8 Å². The molecular formula is C21H20N2O4S. The smallest absolute Gasteiger partial charge is 0.344 e. The van der Waals surface area contributed by atoms with Gasteiger partial charge in [0.25, 0.3) is 5.91 Å². The SMILES string of the molecule is CC(OC(=O)C12CCC(=O)N1c1ccccc1S2)C(=O)NCc1ccccc1. The fourth-order valence-corrected chi connectivity index (χ4v) is 4.91. The Morgan fingerprint density at radius 3 is 2.68 bits per heavy atom. The summed E-state index contributed by atoms with van der Waals surface area (Å²) in [4.78, 5) is 39.1. The number of benzene rings is 2. The van der Waals surface area contributed by atoms with Crippen molar-refractivity contribution in [1.29, 1.82) is 0 Å². The predicted molar refractivity (Wildman–Crippen MR) is 106 cm³/mol. The fraction of sp³-hybridized carbons (Fsp3) is 0.286. The lowest BCUT2D eigenvalue weighted by Crippen LogP contribution is -2.50. The molecule has 2 aliphatic heterocycles. The highest BCUT2D eigenvalue weighted by molar-refractivity contribution is 8.02. The molecule has 1 saturated heterocycles. The Labute approximate surface area is 167 Å². The first-order valence-electron chi connectivity index (χ1n) is 9.15. The van der Waals surface area contributed by atoms with Gasteiger partial charge < -0.3 is 10.1 Å². The van der Waals surface area contributed by atoms with Crippen LogP contribution in [0.3, 0.4) is 0 Å². The zero-order chi connectivity index (χ0) is 19.7. The van der Waals surface area contributed by atoms with Gasteiger partial charge in [-0.2, -0.15) is 0 Å². The third-order valence-corrected chi connectivity index (χ3v) is 6.41. The van der Waals surface area contributed by atoms with E-state index in [0.717, 1.165) is 16.1 Å². The van der Waals surface area contributed by atoms with Gasteiger partial charge in [0.2, 0.25) is 5.91 Å². The molecule has 0 aliphatic carbocycles. The van der Waals surface area contributed by atoms with Crippen molar-refractivity contribution in [2.75, 3.05) is 4.90 Å². The summed E-state index contributed by atoms with van der Waals surface area (Å²) in [5, 5.41) is 2.77.